The minimum atomic E-state index is -0.199. The highest BCUT2D eigenvalue weighted by atomic mass is 16.5. The minimum absolute atomic E-state index is 0.199. The standard InChI is InChI=1S/C20H25N3O3/c1-25-16-7-8-18(26-2)17(14-16)22-20(24)15-9-10-21-19(13-15)23-11-5-3-4-6-12-23/h7-10,13-14H,3-6,11-12H2,1-2H3,(H,22,24). The molecule has 2 heterocycles. The van der Waals surface area contributed by atoms with E-state index in [4.69, 9.17) is 9.47 Å². The first-order valence-electron chi connectivity index (χ1n) is 8.95. The van der Waals surface area contributed by atoms with Gasteiger partial charge in [0.05, 0.1) is 19.9 Å². The average Bonchev–Trinajstić information content (AvgIpc) is 2.97. The van der Waals surface area contributed by atoms with E-state index in [1.165, 1.54) is 25.7 Å². The van der Waals surface area contributed by atoms with Crippen LogP contribution in [-0.2, 0) is 0 Å². The van der Waals surface area contributed by atoms with Crippen molar-refractivity contribution in [1.29, 1.82) is 0 Å². The Balaban J connectivity index is 1.79. The Labute approximate surface area is 154 Å². The van der Waals surface area contributed by atoms with E-state index in [0.29, 0.717) is 22.7 Å². The van der Waals surface area contributed by atoms with Crippen molar-refractivity contribution in [3.8, 4) is 11.5 Å². The lowest BCUT2D eigenvalue weighted by molar-refractivity contribution is 0.102. The summed E-state index contributed by atoms with van der Waals surface area (Å²) in [6.45, 7) is 1.98. The number of carbonyl (C=O) groups excluding carboxylic acids is 1. The molecule has 0 spiro atoms. The first-order valence-corrected chi connectivity index (χ1v) is 8.95. The lowest BCUT2D eigenvalue weighted by Crippen LogP contribution is -2.25. The van der Waals surface area contributed by atoms with Crippen LogP contribution in [0.4, 0.5) is 11.5 Å². The van der Waals surface area contributed by atoms with Crippen LogP contribution in [0.3, 0.4) is 0 Å². The number of nitrogens with one attached hydrogen (secondary N) is 1. The quantitative estimate of drug-likeness (QED) is 0.885. The summed E-state index contributed by atoms with van der Waals surface area (Å²) >= 11 is 0. The van der Waals surface area contributed by atoms with Crippen LogP contribution in [0, 0.1) is 0 Å². The molecule has 1 N–H and O–H groups in total. The minimum Gasteiger partial charge on any atom is -0.497 e. The number of hydrogen-bond acceptors (Lipinski definition) is 5. The molecule has 0 radical (unpaired) electrons. The number of amides is 1. The van der Waals surface area contributed by atoms with Crippen molar-refractivity contribution >= 4 is 17.4 Å². The summed E-state index contributed by atoms with van der Waals surface area (Å²) in [5, 5.41) is 2.90. The lowest BCUT2D eigenvalue weighted by Gasteiger charge is -2.21. The van der Waals surface area contributed by atoms with Gasteiger partial charge in [-0.25, -0.2) is 4.98 Å². The van der Waals surface area contributed by atoms with Gasteiger partial charge in [-0.3, -0.25) is 4.79 Å². The van der Waals surface area contributed by atoms with E-state index in [-0.39, 0.29) is 5.91 Å². The molecule has 0 atom stereocenters. The number of methoxy groups -OCH3 is 2. The van der Waals surface area contributed by atoms with E-state index in [1.807, 2.05) is 6.07 Å². The number of ether oxygens (including phenoxy) is 2. The normalized spacial score (nSPS) is 14.5. The third-order valence-corrected chi connectivity index (χ3v) is 4.59. The summed E-state index contributed by atoms with van der Waals surface area (Å²) < 4.78 is 10.6. The van der Waals surface area contributed by atoms with Gasteiger partial charge in [0.1, 0.15) is 17.3 Å². The molecule has 0 aliphatic carbocycles. The molecule has 1 aromatic carbocycles. The van der Waals surface area contributed by atoms with Crippen LogP contribution >= 0.6 is 0 Å². The van der Waals surface area contributed by atoms with Crippen LogP contribution in [0.5, 0.6) is 11.5 Å². The third kappa shape index (κ3) is 4.25. The number of carbonyl (C=O) groups is 1. The van der Waals surface area contributed by atoms with Crippen molar-refractivity contribution in [3.63, 3.8) is 0 Å². The highest BCUT2D eigenvalue weighted by molar-refractivity contribution is 6.05. The number of benzene rings is 1. The molecular formula is C20H25N3O3. The molecule has 1 fully saturated rings. The zero-order valence-corrected chi connectivity index (χ0v) is 15.3. The van der Waals surface area contributed by atoms with E-state index >= 15 is 0 Å². The molecule has 1 aliphatic heterocycles. The summed E-state index contributed by atoms with van der Waals surface area (Å²) in [5.74, 6) is 1.90. The Kier molecular flexibility index (Phi) is 5.94. The van der Waals surface area contributed by atoms with Crippen molar-refractivity contribution in [2.45, 2.75) is 25.7 Å². The van der Waals surface area contributed by atoms with Crippen LogP contribution in [-0.4, -0.2) is 38.2 Å². The molecule has 1 amide bonds. The average molecular weight is 355 g/mol. The molecule has 138 valence electrons. The smallest absolute Gasteiger partial charge is 0.255 e. The maximum absolute atomic E-state index is 12.7. The molecule has 26 heavy (non-hydrogen) atoms. The van der Waals surface area contributed by atoms with Gasteiger partial charge in [-0.2, -0.15) is 0 Å². The molecule has 6 heteroatoms. The second kappa shape index (κ2) is 8.56. The summed E-state index contributed by atoms with van der Waals surface area (Å²) in [5.41, 5.74) is 1.15. The second-order valence-electron chi connectivity index (χ2n) is 6.32. The van der Waals surface area contributed by atoms with Gasteiger partial charge >= 0.3 is 0 Å². The summed E-state index contributed by atoms with van der Waals surface area (Å²) in [7, 11) is 3.16. The summed E-state index contributed by atoms with van der Waals surface area (Å²) in [6, 6.07) is 8.88. The Morgan fingerprint density at radius 3 is 2.50 bits per heavy atom. The molecule has 6 nitrogen and oxygen atoms in total. The summed E-state index contributed by atoms with van der Waals surface area (Å²) in [4.78, 5) is 19.4. The van der Waals surface area contributed by atoms with Crippen LogP contribution in [0.1, 0.15) is 36.0 Å². The number of nitrogens with zero attached hydrogens (tertiary/aromatic N) is 2. The highest BCUT2D eigenvalue weighted by Gasteiger charge is 2.15. The Hall–Kier alpha value is -2.76. The zero-order chi connectivity index (χ0) is 18.4. The van der Waals surface area contributed by atoms with Crippen LogP contribution < -0.4 is 19.7 Å². The van der Waals surface area contributed by atoms with Gasteiger partial charge in [0, 0.05) is 30.9 Å². The monoisotopic (exact) mass is 355 g/mol. The maximum atomic E-state index is 12.7. The van der Waals surface area contributed by atoms with E-state index in [1.54, 1.807) is 44.7 Å². The highest BCUT2D eigenvalue weighted by Crippen LogP contribution is 2.29. The predicted octanol–water partition coefficient (Wildman–Crippen LogP) is 3.73. The fourth-order valence-corrected chi connectivity index (χ4v) is 3.14. The first-order chi connectivity index (χ1) is 12.7. The summed E-state index contributed by atoms with van der Waals surface area (Å²) in [6.07, 6.45) is 6.54. The molecule has 3 rings (SSSR count). The lowest BCUT2D eigenvalue weighted by atomic mass is 10.2. The number of anilines is 2. The second-order valence-corrected chi connectivity index (χ2v) is 6.32. The van der Waals surface area contributed by atoms with Crippen LogP contribution in [0.25, 0.3) is 0 Å². The number of pyridine rings is 1. The van der Waals surface area contributed by atoms with E-state index in [0.717, 1.165) is 18.9 Å². The van der Waals surface area contributed by atoms with Gasteiger partial charge in [-0.15, -0.1) is 0 Å². The van der Waals surface area contributed by atoms with Gasteiger partial charge in [0.2, 0.25) is 0 Å². The van der Waals surface area contributed by atoms with Gasteiger partial charge < -0.3 is 19.7 Å². The van der Waals surface area contributed by atoms with E-state index in [9.17, 15) is 4.79 Å². The Bertz CT molecular complexity index is 756. The molecule has 0 unspecified atom stereocenters. The van der Waals surface area contributed by atoms with Gasteiger partial charge in [0.25, 0.3) is 5.91 Å². The van der Waals surface area contributed by atoms with Gasteiger partial charge in [-0.1, -0.05) is 12.8 Å². The Morgan fingerprint density at radius 2 is 1.81 bits per heavy atom. The molecule has 0 bridgehead atoms. The van der Waals surface area contributed by atoms with Crippen molar-refractivity contribution < 1.29 is 14.3 Å². The van der Waals surface area contributed by atoms with Crippen LogP contribution in [0.15, 0.2) is 36.5 Å². The fourth-order valence-electron chi connectivity index (χ4n) is 3.14. The number of hydrogen-bond donors (Lipinski definition) is 1. The molecule has 0 saturated carbocycles. The molecular weight excluding hydrogens is 330 g/mol. The largest absolute Gasteiger partial charge is 0.497 e. The number of aromatic nitrogens is 1. The molecule has 2 aromatic rings. The van der Waals surface area contributed by atoms with Crippen molar-refractivity contribution in [2.75, 3.05) is 37.5 Å². The maximum Gasteiger partial charge on any atom is 0.255 e. The van der Waals surface area contributed by atoms with Crippen molar-refractivity contribution in [2.24, 2.45) is 0 Å². The molecule has 1 saturated heterocycles. The van der Waals surface area contributed by atoms with Crippen molar-refractivity contribution in [1.82, 2.24) is 4.98 Å². The van der Waals surface area contributed by atoms with E-state index in [2.05, 4.69) is 15.2 Å². The molecule has 1 aliphatic rings. The number of rotatable bonds is 5. The van der Waals surface area contributed by atoms with Gasteiger partial charge in [0.15, 0.2) is 0 Å². The van der Waals surface area contributed by atoms with Crippen molar-refractivity contribution in [3.05, 3.63) is 42.1 Å². The van der Waals surface area contributed by atoms with Crippen LogP contribution in [0.2, 0.25) is 0 Å². The zero-order valence-electron chi connectivity index (χ0n) is 15.3. The third-order valence-electron chi connectivity index (χ3n) is 4.59. The fraction of sp³-hybridized carbons (Fsp3) is 0.400. The molecule has 1 aromatic heterocycles. The topological polar surface area (TPSA) is 63.7 Å². The predicted molar refractivity (Wildman–Crippen MR) is 102 cm³/mol. The van der Waals surface area contributed by atoms with Gasteiger partial charge in [-0.05, 0) is 37.1 Å². The van der Waals surface area contributed by atoms with E-state index < -0.39 is 0 Å². The Morgan fingerprint density at radius 1 is 1.04 bits per heavy atom. The SMILES string of the molecule is COc1ccc(OC)c(NC(=O)c2ccnc(N3CCCCCC3)c2)c1. The first kappa shape index (κ1) is 18.0.